The van der Waals surface area contributed by atoms with Crippen LogP contribution in [-0.4, -0.2) is 6.29 Å². The van der Waals surface area contributed by atoms with E-state index in [0.717, 1.165) is 11.9 Å². The summed E-state index contributed by atoms with van der Waals surface area (Å²) in [5.41, 5.74) is 1.21. The fraction of sp³-hybridized carbons (Fsp3) is 0.700. The lowest BCUT2D eigenvalue weighted by molar-refractivity contribution is -0.109. The summed E-state index contributed by atoms with van der Waals surface area (Å²) in [5.74, 6) is 0.410. The van der Waals surface area contributed by atoms with Gasteiger partial charge in [0, 0.05) is 6.42 Å². The second-order valence-electron chi connectivity index (χ2n) is 3.93. The molecule has 0 saturated carbocycles. The highest BCUT2D eigenvalue weighted by Crippen LogP contribution is 2.33. The van der Waals surface area contributed by atoms with Crippen molar-refractivity contribution < 1.29 is 4.79 Å². The van der Waals surface area contributed by atoms with E-state index in [9.17, 15) is 4.79 Å². The summed E-state index contributed by atoms with van der Waals surface area (Å²) in [7, 11) is 0. The number of carbonyl (C=O) groups excluding carboxylic acids is 1. The highest BCUT2D eigenvalue weighted by atomic mass is 16.1. The zero-order valence-electron chi connectivity index (χ0n) is 7.98. The van der Waals surface area contributed by atoms with Crippen LogP contribution >= 0.6 is 0 Å². The molecule has 1 nitrogen and oxygen atoms in total. The van der Waals surface area contributed by atoms with Gasteiger partial charge in [0.15, 0.2) is 0 Å². The first-order valence-electron chi connectivity index (χ1n) is 4.01. The Kier molecular flexibility index (Phi) is 3.50. The fourth-order valence-corrected chi connectivity index (χ4v) is 1.06. The van der Waals surface area contributed by atoms with Crippen molar-refractivity contribution in [2.24, 2.45) is 11.3 Å². The quantitative estimate of drug-likeness (QED) is 0.449. The molecule has 0 aromatic carbocycles. The van der Waals surface area contributed by atoms with E-state index in [2.05, 4.69) is 27.4 Å². The summed E-state index contributed by atoms with van der Waals surface area (Å²) in [6, 6.07) is 0. The van der Waals surface area contributed by atoms with Crippen LogP contribution < -0.4 is 0 Å². The minimum atomic E-state index is 0.0631. The van der Waals surface area contributed by atoms with Crippen LogP contribution in [-0.2, 0) is 4.79 Å². The van der Waals surface area contributed by atoms with E-state index >= 15 is 0 Å². The van der Waals surface area contributed by atoms with Gasteiger partial charge < -0.3 is 4.79 Å². The van der Waals surface area contributed by atoms with Crippen molar-refractivity contribution in [2.75, 3.05) is 0 Å². The maximum atomic E-state index is 10.3. The van der Waals surface area contributed by atoms with Gasteiger partial charge in [-0.05, 0) is 18.3 Å². The first kappa shape index (κ1) is 10.4. The van der Waals surface area contributed by atoms with Crippen molar-refractivity contribution in [3.63, 3.8) is 0 Å². The molecule has 0 N–H and O–H groups in total. The highest BCUT2D eigenvalue weighted by Gasteiger charge is 2.25. The maximum absolute atomic E-state index is 10.3. The van der Waals surface area contributed by atoms with E-state index < -0.39 is 0 Å². The van der Waals surface area contributed by atoms with Crippen molar-refractivity contribution in [3.05, 3.63) is 12.2 Å². The van der Waals surface area contributed by atoms with E-state index in [4.69, 9.17) is 0 Å². The monoisotopic (exact) mass is 154 g/mol. The Labute approximate surface area is 69.5 Å². The summed E-state index contributed by atoms with van der Waals surface area (Å²) in [4.78, 5) is 10.3. The Hall–Kier alpha value is -0.590. The van der Waals surface area contributed by atoms with E-state index in [1.165, 1.54) is 0 Å². The van der Waals surface area contributed by atoms with Crippen LogP contribution in [0.5, 0.6) is 0 Å². The smallest absolute Gasteiger partial charge is 0.120 e. The minimum absolute atomic E-state index is 0.0631. The maximum Gasteiger partial charge on any atom is 0.120 e. The molecule has 0 aliphatic carbocycles. The number of carbonyl (C=O) groups is 1. The van der Waals surface area contributed by atoms with Gasteiger partial charge in [-0.25, -0.2) is 0 Å². The SMILES string of the molecule is C=C(C)C(C)C(C)(C)CC=O. The molecule has 0 fully saturated rings. The molecule has 0 aliphatic heterocycles. The molecule has 0 rings (SSSR count). The Balaban J connectivity index is 4.27. The second kappa shape index (κ2) is 3.70. The van der Waals surface area contributed by atoms with Gasteiger partial charge in [-0.15, -0.1) is 0 Å². The Morgan fingerprint density at radius 3 is 2.36 bits per heavy atom. The number of aldehydes is 1. The first-order chi connectivity index (χ1) is 4.91. The molecule has 64 valence electrons. The zero-order valence-corrected chi connectivity index (χ0v) is 7.98. The zero-order chi connectivity index (χ0) is 9.07. The molecular formula is C10H18O. The van der Waals surface area contributed by atoms with Crippen LogP contribution in [0.2, 0.25) is 0 Å². The summed E-state index contributed by atoms with van der Waals surface area (Å²) in [6.45, 7) is 12.2. The van der Waals surface area contributed by atoms with Crippen LogP contribution in [0.1, 0.15) is 34.1 Å². The van der Waals surface area contributed by atoms with E-state index in [0.29, 0.717) is 12.3 Å². The largest absolute Gasteiger partial charge is 0.303 e. The van der Waals surface area contributed by atoms with Gasteiger partial charge in [0.2, 0.25) is 0 Å². The predicted octanol–water partition coefficient (Wildman–Crippen LogP) is 2.81. The summed E-state index contributed by atoms with van der Waals surface area (Å²) in [5, 5.41) is 0. The van der Waals surface area contributed by atoms with Crippen LogP contribution in [0.4, 0.5) is 0 Å². The summed E-state index contributed by atoms with van der Waals surface area (Å²) >= 11 is 0. The molecule has 0 aromatic heterocycles. The molecule has 11 heavy (non-hydrogen) atoms. The lowest BCUT2D eigenvalue weighted by atomic mass is 9.75. The van der Waals surface area contributed by atoms with Gasteiger partial charge in [-0.1, -0.05) is 32.9 Å². The number of hydrogen-bond donors (Lipinski definition) is 0. The van der Waals surface area contributed by atoms with Crippen molar-refractivity contribution in [1.29, 1.82) is 0 Å². The van der Waals surface area contributed by atoms with Crippen molar-refractivity contribution in [1.82, 2.24) is 0 Å². The van der Waals surface area contributed by atoms with Crippen LogP contribution in [0.3, 0.4) is 0 Å². The molecule has 0 aliphatic rings. The predicted molar refractivity (Wildman–Crippen MR) is 48.4 cm³/mol. The minimum Gasteiger partial charge on any atom is -0.303 e. The third-order valence-corrected chi connectivity index (χ3v) is 2.52. The highest BCUT2D eigenvalue weighted by molar-refractivity contribution is 5.50. The average Bonchev–Trinajstić information content (AvgIpc) is 1.86. The van der Waals surface area contributed by atoms with Gasteiger partial charge in [0.05, 0.1) is 0 Å². The van der Waals surface area contributed by atoms with E-state index in [-0.39, 0.29) is 5.41 Å². The summed E-state index contributed by atoms with van der Waals surface area (Å²) < 4.78 is 0. The van der Waals surface area contributed by atoms with E-state index in [1.807, 2.05) is 6.92 Å². The van der Waals surface area contributed by atoms with Gasteiger partial charge in [-0.2, -0.15) is 0 Å². The Bertz CT molecular complexity index is 156. The average molecular weight is 154 g/mol. The van der Waals surface area contributed by atoms with Crippen LogP contribution in [0, 0.1) is 11.3 Å². The third-order valence-electron chi connectivity index (χ3n) is 2.52. The van der Waals surface area contributed by atoms with Crippen molar-refractivity contribution >= 4 is 6.29 Å². The molecule has 1 unspecified atom stereocenters. The first-order valence-corrected chi connectivity index (χ1v) is 4.01. The lowest BCUT2D eigenvalue weighted by Gasteiger charge is -2.30. The summed E-state index contributed by atoms with van der Waals surface area (Å²) in [6.07, 6.45) is 1.60. The molecule has 1 atom stereocenters. The molecule has 1 heteroatoms. The number of allylic oxidation sites excluding steroid dienone is 1. The van der Waals surface area contributed by atoms with Crippen LogP contribution in [0.15, 0.2) is 12.2 Å². The van der Waals surface area contributed by atoms with Crippen molar-refractivity contribution in [2.45, 2.75) is 34.1 Å². The third kappa shape index (κ3) is 2.87. The van der Waals surface area contributed by atoms with Gasteiger partial charge in [0.1, 0.15) is 6.29 Å². The van der Waals surface area contributed by atoms with Crippen LogP contribution in [0.25, 0.3) is 0 Å². The van der Waals surface area contributed by atoms with Gasteiger partial charge in [0.25, 0.3) is 0 Å². The Morgan fingerprint density at radius 2 is 2.09 bits per heavy atom. The molecule has 0 aromatic rings. The standard InChI is InChI=1S/C10H18O/c1-8(2)9(3)10(4,5)6-7-11/h7,9H,1,6H2,2-5H3. The molecular weight excluding hydrogens is 136 g/mol. The molecule has 0 bridgehead atoms. The molecule has 0 amide bonds. The van der Waals surface area contributed by atoms with E-state index in [1.54, 1.807) is 0 Å². The molecule has 0 radical (unpaired) electrons. The number of hydrogen-bond acceptors (Lipinski definition) is 1. The topological polar surface area (TPSA) is 17.1 Å². The Morgan fingerprint density at radius 1 is 1.64 bits per heavy atom. The molecule has 0 spiro atoms. The molecule has 0 heterocycles. The van der Waals surface area contributed by atoms with Gasteiger partial charge >= 0.3 is 0 Å². The fourth-order valence-electron chi connectivity index (χ4n) is 1.06. The van der Waals surface area contributed by atoms with Gasteiger partial charge in [-0.3, -0.25) is 0 Å². The second-order valence-corrected chi connectivity index (χ2v) is 3.93. The molecule has 0 saturated heterocycles. The lowest BCUT2D eigenvalue weighted by Crippen LogP contribution is -2.22. The van der Waals surface area contributed by atoms with Crippen molar-refractivity contribution in [3.8, 4) is 0 Å². The number of rotatable bonds is 4. The normalized spacial score (nSPS) is 14.2.